The minimum atomic E-state index is -0.400. The largest absolute Gasteiger partial charge is 0.378 e. The number of rotatable bonds is 1. The van der Waals surface area contributed by atoms with Crippen molar-refractivity contribution < 1.29 is 9.53 Å². The lowest BCUT2D eigenvalue weighted by atomic mass is 10.1. The van der Waals surface area contributed by atoms with Gasteiger partial charge in [-0.25, -0.2) is 0 Å². The third-order valence-corrected chi connectivity index (χ3v) is 5.08. The molecular weight excluding hydrogens is 338 g/mol. The van der Waals surface area contributed by atoms with E-state index in [-0.39, 0.29) is 11.4 Å². The van der Waals surface area contributed by atoms with E-state index in [1.54, 1.807) is 6.08 Å². The summed E-state index contributed by atoms with van der Waals surface area (Å²) in [6.45, 7) is 4.81. The first-order valence-corrected chi connectivity index (χ1v) is 8.83. The van der Waals surface area contributed by atoms with Gasteiger partial charge in [-0.2, -0.15) is 10.0 Å². The van der Waals surface area contributed by atoms with E-state index < -0.39 is 5.91 Å². The molecule has 8 heteroatoms. The summed E-state index contributed by atoms with van der Waals surface area (Å²) in [6.07, 6.45) is 1.69. The first-order chi connectivity index (χ1) is 12.1. The third kappa shape index (κ3) is 3.10. The summed E-state index contributed by atoms with van der Waals surface area (Å²) in [6, 6.07) is 7.78. The Bertz CT molecular complexity index is 822. The average molecular weight is 355 g/mol. The molecule has 0 bridgehead atoms. The van der Waals surface area contributed by atoms with E-state index >= 15 is 0 Å². The van der Waals surface area contributed by atoms with Crippen molar-refractivity contribution in [2.75, 3.05) is 26.3 Å². The standard InChI is InChI=1S/C17H17N5O2S/c1-11-2-4-12(5-3-11)10-13-14(18)22-16(19-15(13)23)25-17(20-22)21-6-8-24-9-7-21/h2-5,10,18H,6-9H2,1H3/b13-10+,18-14?. The van der Waals surface area contributed by atoms with Crippen LogP contribution in [0.3, 0.4) is 0 Å². The van der Waals surface area contributed by atoms with E-state index in [4.69, 9.17) is 10.1 Å². The Morgan fingerprint density at radius 2 is 1.92 bits per heavy atom. The van der Waals surface area contributed by atoms with Gasteiger partial charge in [0.1, 0.15) is 0 Å². The smallest absolute Gasteiger partial charge is 0.283 e. The van der Waals surface area contributed by atoms with E-state index in [0.717, 1.165) is 29.4 Å². The van der Waals surface area contributed by atoms with Crippen LogP contribution in [0.5, 0.6) is 0 Å². The maximum atomic E-state index is 12.4. The molecule has 0 aliphatic carbocycles. The number of thioether (sulfide) groups is 1. The maximum absolute atomic E-state index is 12.4. The number of hydrogen-bond acceptors (Lipinski definition) is 6. The molecule has 0 atom stereocenters. The average Bonchev–Trinajstić information content (AvgIpc) is 3.05. The van der Waals surface area contributed by atoms with Gasteiger partial charge in [-0.1, -0.05) is 29.8 Å². The number of amides is 1. The monoisotopic (exact) mass is 355 g/mol. The number of amidine groups is 3. The van der Waals surface area contributed by atoms with Gasteiger partial charge >= 0.3 is 0 Å². The van der Waals surface area contributed by atoms with Crippen molar-refractivity contribution in [3.8, 4) is 0 Å². The van der Waals surface area contributed by atoms with Crippen LogP contribution in [0.2, 0.25) is 0 Å². The van der Waals surface area contributed by atoms with Crippen LogP contribution in [-0.4, -0.2) is 58.3 Å². The Kier molecular flexibility index (Phi) is 4.14. The van der Waals surface area contributed by atoms with Crippen molar-refractivity contribution in [1.82, 2.24) is 9.91 Å². The number of aryl methyl sites for hydroxylation is 1. The number of aliphatic imine (C=N–C) groups is 1. The highest BCUT2D eigenvalue weighted by Gasteiger charge is 2.37. The van der Waals surface area contributed by atoms with Crippen LogP contribution in [0.4, 0.5) is 0 Å². The molecule has 25 heavy (non-hydrogen) atoms. The minimum Gasteiger partial charge on any atom is -0.378 e. The fraction of sp³-hybridized carbons (Fsp3) is 0.294. The molecule has 0 aromatic heterocycles. The number of nitrogens with zero attached hydrogens (tertiary/aromatic N) is 4. The molecule has 0 spiro atoms. The van der Waals surface area contributed by atoms with Crippen LogP contribution in [0.1, 0.15) is 11.1 Å². The molecule has 4 rings (SSSR count). The molecule has 0 saturated carbocycles. The molecule has 3 aliphatic heterocycles. The highest BCUT2D eigenvalue weighted by Crippen LogP contribution is 2.29. The van der Waals surface area contributed by atoms with Crippen LogP contribution in [-0.2, 0) is 9.53 Å². The summed E-state index contributed by atoms with van der Waals surface area (Å²) in [5.74, 6) is -0.339. The number of hydrogen-bond donors (Lipinski definition) is 1. The zero-order valence-corrected chi connectivity index (χ0v) is 14.5. The van der Waals surface area contributed by atoms with Gasteiger partial charge in [0, 0.05) is 13.1 Å². The summed E-state index contributed by atoms with van der Waals surface area (Å²) in [5.41, 5.74) is 2.25. The Balaban J connectivity index is 1.62. The van der Waals surface area contributed by atoms with Gasteiger partial charge in [-0.15, -0.1) is 5.10 Å². The van der Waals surface area contributed by atoms with Gasteiger partial charge in [0.15, 0.2) is 11.0 Å². The summed E-state index contributed by atoms with van der Waals surface area (Å²) >= 11 is 1.33. The predicted octanol–water partition coefficient (Wildman–Crippen LogP) is 1.90. The molecule has 0 radical (unpaired) electrons. The lowest BCUT2D eigenvalue weighted by Crippen LogP contribution is -2.39. The van der Waals surface area contributed by atoms with E-state index in [1.165, 1.54) is 16.8 Å². The zero-order valence-electron chi connectivity index (χ0n) is 13.7. The molecule has 3 heterocycles. The summed E-state index contributed by atoms with van der Waals surface area (Å²) in [7, 11) is 0. The van der Waals surface area contributed by atoms with E-state index in [1.807, 2.05) is 31.2 Å². The quantitative estimate of drug-likeness (QED) is 0.778. The first kappa shape index (κ1) is 16.0. The number of nitrogens with one attached hydrogen (secondary N) is 1. The van der Waals surface area contributed by atoms with Crippen molar-refractivity contribution in [2.24, 2.45) is 10.1 Å². The highest BCUT2D eigenvalue weighted by atomic mass is 32.2. The zero-order chi connectivity index (χ0) is 17.4. The Hall–Kier alpha value is -2.45. The second-order valence-electron chi connectivity index (χ2n) is 5.91. The Morgan fingerprint density at radius 3 is 2.64 bits per heavy atom. The van der Waals surface area contributed by atoms with Gasteiger partial charge in [0.2, 0.25) is 5.17 Å². The van der Waals surface area contributed by atoms with E-state index in [9.17, 15) is 4.79 Å². The topological polar surface area (TPSA) is 81.3 Å². The van der Waals surface area contributed by atoms with Crippen molar-refractivity contribution in [2.45, 2.75) is 6.92 Å². The Labute approximate surface area is 149 Å². The first-order valence-electron chi connectivity index (χ1n) is 8.01. The lowest BCUT2D eigenvalue weighted by molar-refractivity contribution is -0.114. The van der Waals surface area contributed by atoms with Crippen LogP contribution < -0.4 is 0 Å². The lowest BCUT2D eigenvalue weighted by Gasteiger charge is -2.26. The van der Waals surface area contributed by atoms with E-state index in [2.05, 4.69) is 15.0 Å². The number of fused-ring (bicyclic) bond motifs is 1. The SMILES string of the molecule is Cc1ccc(/C=C2\C(=N)N3N=C(N4CCOCC4)SC3=NC2=O)cc1. The van der Waals surface area contributed by atoms with Crippen LogP contribution >= 0.6 is 11.8 Å². The van der Waals surface area contributed by atoms with Crippen LogP contribution in [0.25, 0.3) is 6.08 Å². The number of benzene rings is 1. The third-order valence-electron chi connectivity index (χ3n) is 4.11. The van der Waals surface area contributed by atoms with Crippen molar-refractivity contribution in [1.29, 1.82) is 5.41 Å². The van der Waals surface area contributed by atoms with Gasteiger partial charge < -0.3 is 9.64 Å². The highest BCUT2D eigenvalue weighted by molar-refractivity contribution is 8.26. The molecule has 1 fully saturated rings. The molecule has 1 aromatic carbocycles. The summed E-state index contributed by atoms with van der Waals surface area (Å²) < 4.78 is 5.35. The molecule has 1 N–H and O–H groups in total. The normalized spacial score (nSPS) is 22.2. The Morgan fingerprint density at radius 1 is 1.20 bits per heavy atom. The molecular formula is C17H17N5O2S. The van der Waals surface area contributed by atoms with Gasteiger partial charge in [0.05, 0.1) is 18.8 Å². The number of ether oxygens (including phenoxy) is 1. The van der Waals surface area contributed by atoms with Gasteiger partial charge in [-0.05, 0) is 30.3 Å². The van der Waals surface area contributed by atoms with Crippen molar-refractivity contribution in [3.05, 3.63) is 41.0 Å². The van der Waals surface area contributed by atoms with E-state index in [0.29, 0.717) is 18.4 Å². The molecule has 1 amide bonds. The predicted molar refractivity (Wildman–Crippen MR) is 98.6 cm³/mol. The molecule has 1 aromatic rings. The minimum absolute atomic E-state index is 0.0614. The second-order valence-corrected chi connectivity index (χ2v) is 6.85. The van der Waals surface area contributed by atoms with Gasteiger partial charge in [0.25, 0.3) is 5.91 Å². The number of carbonyl (C=O) groups excluding carboxylic acids is 1. The number of morpholine rings is 1. The second kappa shape index (κ2) is 6.45. The van der Waals surface area contributed by atoms with Crippen LogP contribution in [0.15, 0.2) is 39.9 Å². The fourth-order valence-electron chi connectivity index (χ4n) is 2.69. The fourth-order valence-corrected chi connectivity index (χ4v) is 3.64. The summed E-state index contributed by atoms with van der Waals surface area (Å²) in [5, 5.41) is 15.5. The molecule has 7 nitrogen and oxygen atoms in total. The van der Waals surface area contributed by atoms with Crippen molar-refractivity contribution >= 4 is 39.9 Å². The molecule has 3 aliphatic rings. The van der Waals surface area contributed by atoms with Gasteiger partial charge in [-0.3, -0.25) is 10.2 Å². The van der Waals surface area contributed by atoms with Crippen LogP contribution in [0, 0.1) is 12.3 Å². The maximum Gasteiger partial charge on any atom is 0.283 e. The van der Waals surface area contributed by atoms with Crippen molar-refractivity contribution in [3.63, 3.8) is 0 Å². The summed E-state index contributed by atoms with van der Waals surface area (Å²) in [4.78, 5) is 18.6. The molecule has 0 unspecified atom stereocenters. The molecule has 1 saturated heterocycles. The molecule has 128 valence electrons. The number of carbonyl (C=O) groups is 1. The number of hydrazone groups is 1.